The van der Waals surface area contributed by atoms with Crippen LogP contribution in [-0.2, 0) is 6.61 Å². The van der Waals surface area contributed by atoms with Crippen LogP contribution in [-0.4, -0.2) is 9.97 Å². The quantitative estimate of drug-likeness (QED) is 0.830. The Morgan fingerprint density at radius 2 is 2.22 bits per heavy atom. The molecule has 0 atom stereocenters. The fourth-order valence-corrected chi connectivity index (χ4v) is 1.39. The van der Waals surface area contributed by atoms with Crippen LogP contribution in [0.3, 0.4) is 0 Å². The highest BCUT2D eigenvalue weighted by molar-refractivity contribution is 5.36. The molecule has 2 rings (SSSR count). The van der Waals surface area contributed by atoms with Gasteiger partial charge in [0, 0.05) is 18.0 Å². The number of hydrogen-bond acceptors (Lipinski definition) is 4. The molecule has 0 spiro atoms. The lowest BCUT2D eigenvalue weighted by atomic mass is 10.2. The Morgan fingerprint density at radius 1 is 1.39 bits per heavy atom. The predicted octanol–water partition coefficient (Wildman–Crippen LogP) is 2.37. The van der Waals surface area contributed by atoms with Gasteiger partial charge in [0.25, 0.3) is 0 Å². The lowest BCUT2D eigenvalue weighted by Gasteiger charge is -2.05. The molecule has 0 saturated carbocycles. The van der Waals surface area contributed by atoms with E-state index < -0.39 is 5.82 Å². The molecule has 0 amide bonds. The smallest absolute Gasteiger partial charge is 0.166 e. The molecule has 5 heteroatoms. The molecular formula is C13H10FN3O. The fourth-order valence-electron chi connectivity index (χ4n) is 1.39. The Morgan fingerprint density at radius 3 is 2.89 bits per heavy atom. The average Bonchev–Trinajstić information content (AvgIpc) is 2.37. The second-order valence-electron chi connectivity index (χ2n) is 3.66. The summed E-state index contributed by atoms with van der Waals surface area (Å²) in [4.78, 5) is 8.19. The summed E-state index contributed by atoms with van der Waals surface area (Å²) in [5, 5.41) is 8.60. The summed E-state index contributed by atoms with van der Waals surface area (Å²) >= 11 is 0. The highest BCUT2D eigenvalue weighted by atomic mass is 19.1. The maximum Gasteiger partial charge on any atom is 0.166 e. The number of nitriles is 1. The van der Waals surface area contributed by atoms with E-state index >= 15 is 0 Å². The van der Waals surface area contributed by atoms with Crippen LogP contribution in [0.2, 0.25) is 0 Å². The summed E-state index contributed by atoms with van der Waals surface area (Å²) in [5.74, 6) is 0.275. The molecular weight excluding hydrogens is 233 g/mol. The number of benzene rings is 1. The normalized spacial score (nSPS) is 9.83. The number of hydrogen-bond donors (Lipinski definition) is 0. The molecule has 0 aliphatic heterocycles. The standard InChI is InChI=1S/C13H10FN3O/c1-9-4-5-16-13(17-9)8-18-11-3-2-10(7-15)12(14)6-11/h2-6H,8H2,1H3. The van der Waals surface area contributed by atoms with Crippen molar-refractivity contribution < 1.29 is 9.13 Å². The zero-order valence-corrected chi connectivity index (χ0v) is 9.72. The van der Waals surface area contributed by atoms with E-state index in [9.17, 15) is 4.39 Å². The summed E-state index contributed by atoms with van der Waals surface area (Å²) in [6.07, 6.45) is 1.64. The Balaban J connectivity index is 2.07. The fraction of sp³-hybridized carbons (Fsp3) is 0.154. The Kier molecular flexibility index (Phi) is 3.49. The van der Waals surface area contributed by atoms with E-state index in [0.29, 0.717) is 11.6 Å². The van der Waals surface area contributed by atoms with Crippen molar-refractivity contribution >= 4 is 0 Å². The molecule has 0 aliphatic carbocycles. The van der Waals surface area contributed by atoms with Crippen molar-refractivity contribution in [2.24, 2.45) is 0 Å². The lowest BCUT2D eigenvalue weighted by molar-refractivity contribution is 0.294. The Bertz CT molecular complexity index is 607. The van der Waals surface area contributed by atoms with Crippen molar-refractivity contribution in [2.45, 2.75) is 13.5 Å². The van der Waals surface area contributed by atoms with Gasteiger partial charge in [-0.1, -0.05) is 0 Å². The first-order valence-corrected chi connectivity index (χ1v) is 5.30. The number of aryl methyl sites for hydroxylation is 1. The number of halogens is 1. The van der Waals surface area contributed by atoms with Gasteiger partial charge in [0.1, 0.15) is 24.2 Å². The summed E-state index contributed by atoms with van der Waals surface area (Å²) in [7, 11) is 0. The second-order valence-corrected chi connectivity index (χ2v) is 3.66. The van der Waals surface area contributed by atoms with Crippen LogP contribution in [0, 0.1) is 24.1 Å². The zero-order chi connectivity index (χ0) is 13.0. The third kappa shape index (κ3) is 2.80. The molecule has 0 bridgehead atoms. The van der Waals surface area contributed by atoms with E-state index in [-0.39, 0.29) is 12.2 Å². The third-order valence-corrected chi connectivity index (χ3v) is 2.27. The van der Waals surface area contributed by atoms with Crippen LogP contribution in [0.25, 0.3) is 0 Å². The van der Waals surface area contributed by atoms with Crippen LogP contribution >= 0.6 is 0 Å². The molecule has 0 saturated heterocycles. The van der Waals surface area contributed by atoms with E-state index in [1.165, 1.54) is 18.2 Å². The molecule has 4 nitrogen and oxygen atoms in total. The van der Waals surface area contributed by atoms with E-state index in [0.717, 1.165) is 5.69 Å². The van der Waals surface area contributed by atoms with Gasteiger partial charge in [-0.15, -0.1) is 0 Å². The van der Waals surface area contributed by atoms with Gasteiger partial charge in [-0.2, -0.15) is 5.26 Å². The molecule has 0 fully saturated rings. The zero-order valence-electron chi connectivity index (χ0n) is 9.72. The van der Waals surface area contributed by atoms with E-state index in [1.54, 1.807) is 18.3 Å². The third-order valence-electron chi connectivity index (χ3n) is 2.27. The first-order chi connectivity index (χ1) is 8.69. The number of aromatic nitrogens is 2. The van der Waals surface area contributed by atoms with Crippen molar-refractivity contribution in [1.29, 1.82) is 5.26 Å². The topological polar surface area (TPSA) is 58.8 Å². The Labute approximate surface area is 104 Å². The molecule has 1 heterocycles. The minimum absolute atomic E-state index is 0.00541. The average molecular weight is 243 g/mol. The summed E-state index contributed by atoms with van der Waals surface area (Å²) in [5.41, 5.74) is 0.837. The van der Waals surface area contributed by atoms with Gasteiger partial charge in [0.05, 0.1) is 5.56 Å². The van der Waals surface area contributed by atoms with Gasteiger partial charge >= 0.3 is 0 Å². The Hall–Kier alpha value is -2.48. The van der Waals surface area contributed by atoms with Crippen molar-refractivity contribution in [1.82, 2.24) is 9.97 Å². The first-order valence-electron chi connectivity index (χ1n) is 5.30. The molecule has 18 heavy (non-hydrogen) atoms. The monoisotopic (exact) mass is 243 g/mol. The highest BCUT2D eigenvalue weighted by Gasteiger charge is 2.04. The maximum absolute atomic E-state index is 13.3. The predicted molar refractivity (Wildman–Crippen MR) is 62.2 cm³/mol. The number of nitrogens with zero attached hydrogens (tertiary/aromatic N) is 3. The van der Waals surface area contributed by atoms with Gasteiger partial charge < -0.3 is 4.74 Å². The lowest BCUT2D eigenvalue weighted by Crippen LogP contribution is -2.02. The van der Waals surface area contributed by atoms with Crippen LogP contribution in [0.4, 0.5) is 4.39 Å². The molecule has 0 N–H and O–H groups in total. The molecule has 1 aromatic carbocycles. The van der Waals surface area contributed by atoms with E-state index in [4.69, 9.17) is 10.00 Å². The molecule has 0 radical (unpaired) electrons. The molecule has 90 valence electrons. The van der Waals surface area contributed by atoms with Gasteiger partial charge in [-0.25, -0.2) is 14.4 Å². The van der Waals surface area contributed by atoms with Crippen LogP contribution in [0.5, 0.6) is 5.75 Å². The first kappa shape index (κ1) is 12.0. The van der Waals surface area contributed by atoms with Crippen molar-refractivity contribution in [3.63, 3.8) is 0 Å². The minimum atomic E-state index is -0.597. The second kappa shape index (κ2) is 5.23. The summed E-state index contributed by atoms with van der Waals surface area (Å²) in [6, 6.07) is 7.62. The van der Waals surface area contributed by atoms with Gasteiger partial charge in [-0.05, 0) is 25.1 Å². The van der Waals surface area contributed by atoms with E-state index in [2.05, 4.69) is 9.97 Å². The van der Waals surface area contributed by atoms with Crippen LogP contribution < -0.4 is 4.74 Å². The number of ether oxygens (including phenoxy) is 1. The van der Waals surface area contributed by atoms with Crippen LogP contribution in [0.15, 0.2) is 30.5 Å². The van der Waals surface area contributed by atoms with Crippen molar-refractivity contribution in [3.8, 4) is 11.8 Å². The highest BCUT2D eigenvalue weighted by Crippen LogP contribution is 2.16. The van der Waals surface area contributed by atoms with Gasteiger partial charge in [0.2, 0.25) is 0 Å². The van der Waals surface area contributed by atoms with Crippen LogP contribution in [0.1, 0.15) is 17.1 Å². The van der Waals surface area contributed by atoms with Crippen molar-refractivity contribution in [3.05, 3.63) is 53.4 Å². The van der Waals surface area contributed by atoms with E-state index in [1.807, 2.05) is 6.92 Å². The summed E-state index contributed by atoms with van der Waals surface area (Å²) in [6.45, 7) is 2.01. The number of rotatable bonds is 3. The van der Waals surface area contributed by atoms with Crippen molar-refractivity contribution in [2.75, 3.05) is 0 Å². The summed E-state index contributed by atoms with van der Waals surface area (Å²) < 4.78 is 18.7. The molecule has 1 aromatic heterocycles. The van der Waals surface area contributed by atoms with Gasteiger partial charge in [0.15, 0.2) is 5.82 Å². The molecule has 0 aliphatic rings. The SMILES string of the molecule is Cc1ccnc(COc2ccc(C#N)c(F)c2)n1. The largest absolute Gasteiger partial charge is 0.486 e. The molecule has 0 unspecified atom stereocenters. The van der Waals surface area contributed by atoms with Gasteiger partial charge in [-0.3, -0.25) is 0 Å². The molecule has 2 aromatic rings. The maximum atomic E-state index is 13.3. The minimum Gasteiger partial charge on any atom is -0.486 e.